The van der Waals surface area contributed by atoms with Crippen LogP contribution in [0, 0.1) is 0 Å². The summed E-state index contributed by atoms with van der Waals surface area (Å²) in [5.41, 5.74) is 2.23. The standard InChI is InChI=1S/C23H26N2O8/c1-2-31-19(12-13-20(27)25-30)21(16-8-10-18(11-9-16)32-15-14-26)33-23(29)24-22(28)17-6-4-3-5-7-17/h3-13,19,21,26,30H,2,14-15H2,1H3,(H,25,27)(H,24,28,29)/b13-12+/t19-,21-/m1/s1. The summed E-state index contributed by atoms with van der Waals surface area (Å²) >= 11 is 0. The molecule has 0 spiro atoms. The number of rotatable bonds is 11. The number of aliphatic hydroxyl groups is 1. The molecule has 10 heteroatoms. The first-order valence-corrected chi connectivity index (χ1v) is 10.1. The lowest BCUT2D eigenvalue weighted by Gasteiger charge is -2.25. The lowest BCUT2D eigenvalue weighted by Crippen LogP contribution is -2.35. The van der Waals surface area contributed by atoms with Gasteiger partial charge in [0.05, 0.1) is 6.61 Å². The zero-order valence-corrected chi connectivity index (χ0v) is 18.0. The highest BCUT2D eigenvalue weighted by Gasteiger charge is 2.27. The van der Waals surface area contributed by atoms with E-state index in [-0.39, 0.29) is 25.4 Å². The fourth-order valence-corrected chi connectivity index (χ4v) is 2.80. The van der Waals surface area contributed by atoms with Gasteiger partial charge in [-0.3, -0.25) is 20.1 Å². The maximum absolute atomic E-state index is 12.5. The second kappa shape index (κ2) is 13.6. The molecule has 33 heavy (non-hydrogen) atoms. The molecule has 0 aliphatic rings. The third-order valence-corrected chi connectivity index (χ3v) is 4.26. The summed E-state index contributed by atoms with van der Waals surface area (Å²) in [6, 6.07) is 14.6. The predicted molar refractivity (Wildman–Crippen MR) is 117 cm³/mol. The van der Waals surface area contributed by atoms with E-state index in [0.29, 0.717) is 11.3 Å². The second-order valence-electron chi connectivity index (χ2n) is 6.54. The van der Waals surface area contributed by atoms with Crippen LogP contribution in [-0.4, -0.2) is 54.1 Å². The van der Waals surface area contributed by atoms with Crippen LogP contribution in [0.5, 0.6) is 5.75 Å². The van der Waals surface area contributed by atoms with Crippen molar-refractivity contribution in [3.63, 3.8) is 0 Å². The Morgan fingerprint density at radius 2 is 1.76 bits per heavy atom. The van der Waals surface area contributed by atoms with Crippen LogP contribution in [0.1, 0.15) is 28.9 Å². The summed E-state index contributed by atoms with van der Waals surface area (Å²) in [5.74, 6) is -0.955. The molecule has 10 nitrogen and oxygen atoms in total. The number of alkyl carbamates (subject to hydrolysis) is 1. The van der Waals surface area contributed by atoms with E-state index in [4.69, 9.17) is 24.5 Å². The summed E-state index contributed by atoms with van der Waals surface area (Å²) in [7, 11) is 0. The molecule has 0 aliphatic heterocycles. The molecule has 2 aromatic rings. The molecule has 2 aromatic carbocycles. The molecule has 0 saturated heterocycles. The number of hydrogen-bond donors (Lipinski definition) is 4. The quantitative estimate of drug-likeness (QED) is 0.228. The maximum Gasteiger partial charge on any atom is 0.414 e. The predicted octanol–water partition coefficient (Wildman–Crippen LogP) is 2.13. The average molecular weight is 458 g/mol. The molecular weight excluding hydrogens is 432 g/mol. The molecule has 3 amide bonds. The van der Waals surface area contributed by atoms with Crippen LogP contribution in [0.25, 0.3) is 0 Å². The van der Waals surface area contributed by atoms with Gasteiger partial charge in [0.25, 0.3) is 11.8 Å². The van der Waals surface area contributed by atoms with Gasteiger partial charge in [-0.25, -0.2) is 10.3 Å². The normalized spacial score (nSPS) is 12.6. The Hall–Kier alpha value is -3.73. The van der Waals surface area contributed by atoms with Gasteiger partial charge in [-0.15, -0.1) is 0 Å². The lowest BCUT2D eigenvalue weighted by atomic mass is 10.0. The van der Waals surface area contributed by atoms with Gasteiger partial charge in [0.1, 0.15) is 18.5 Å². The molecule has 0 unspecified atom stereocenters. The van der Waals surface area contributed by atoms with Crippen LogP contribution >= 0.6 is 0 Å². The summed E-state index contributed by atoms with van der Waals surface area (Å²) in [6.45, 7) is 1.91. The van der Waals surface area contributed by atoms with Crippen molar-refractivity contribution in [3.05, 3.63) is 77.9 Å². The van der Waals surface area contributed by atoms with E-state index < -0.39 is 30.1 Å². The van der Waals surface area contributed by atoms with Gasteiger partial charge in [0, 0.05) is 18.2 Å². The van der Waals surface area contributed by atoms with Gasteiger partial charge in [-0.1, -0.05) is 30.3 Å². The van der Waals surface area contributed by atoms with Crippen LogP contribution < -0.4 is 15.5 Å². The molecule has 0 radical (unpaired) electrons. The van der Waals surface area contributed by atoms with Crippen molar-refractivity contribution in [2.24, 2.45) is 0 Å². The van der Waals surface area contributed by atoms with Crippen molar-refractivity contribution in [2.75, 3.05) is 19.8 Å². The van der Waals surface area contributed by atoms with Crippen molar-refractivity contribution < 1.29 is 38.9 Å². The smallest absolute Gasteiger partial charge is 0.414 e. The van der Waals surface area contributed by atoms with Crippen LogP contribution in [0.2, 0.25) is 0 Å². The molecule has 2 rings (SSSR count). The Morgan fingerprint density at radius 3 is 2.36 bits per heavy atom. The van der Waals surface area contributed by atoms with E-state index in [1.807, 2.05) is 0 Å². The Morgan fingerprint density at radius 1 is 1.06 bits per heavy atom. The largest absolute Gasteiger partial charge is 0.491 e. The van der Waals surface area contributed by atoms with E-state index in [1.165, 1.54) is 11.6 Å². The molecule has 4 N–H and O–H groups in total. The van der Waals surface area contributed by atoms with Crippen LogP contribution in [0.4, 0.5) is 4.79 Å². The molecular formula is C23H26N2O8. The van der Waals surface area contributed by atoms with Crippen molar-refractivity contribution in [1.82, 2.24) is 10.8 Å². The fourth-order valence-electron chi connectivity index (χ4n) is 2.80. The van der Waals surface area contributed by atoms with Gasteiger partial charge in [-0.05, 0) is 42.8 Å². The highest BCUT2D eigenvalue weighted by atomic mass is 16.6. The van der Waals surface area contributed by atoms with Crippen molar-refractivity contribution in [3.8, 4) is 5.75 Å². The number of benzene rings is 2. The number of carbonyl (C=O) groups excluding carboxylic acids is 3. The van der Waals surface area contributed by atoms with Gasteiger partial charge >= 0.3 is 6.09 Å². The zero-order chi connectivity index (χ0) is 24.1. The minimum atomic E-state index is -1.05. The summed E-state index contributed by atoms with van der Waals surface area (Å²) in [5, 5.41) is 19.8. The van der Waals surface area contributed by atoms with Crippen LogP contribution in [0.15, 0.2) is 66.7 Å². The van der Waals surface area contributed by atoms with E-state index in [1.54, 1.807) is 61.5 Å². The average Bonchev–Trinajstić information content (AvgIpc) is 2.84. The maximum atomic E-state index is 12.5. The van der Waals surface area contributed by atoms with Gasteiger partial charge < -0.3 is 19.3 Å². The number of hydrogen-bond acceptors (Lipinski definition) is 8. The van der Waals surface area contributed by atoms with Gasteiger partial charge in [0.15, 0.2) is 6.10 Å². The van der Waals surface area contributed by atoms with E-state index in [0.717, 1.165) is 6.08 Å². The first-order valence-electron chi connectivity index (χ1n) is 10.1. The number of nitrogens with one attached hydrogen (secondary N) is 2. The third kappa shape index (κ3) is 8.37. The Labute approximate surface area is 190 Å². The minimum Gasteiger partial charge on any atom is -0.491 e. The number of hydroxylamine groups is 1. The van der Waals surface area contributed by atoms with Crippen molar-refractivity contribution in [2.45, 2.75) is 19.1 Å². The topological polar surface area (TPSA) is 143 Å². The highest BCUT2D eigenvalue weighted by Crippen LogP contribution is 2.27. The molecule has 0 aromatic heterocycles. The number of carbonyl (C=O) groups is 3. The van der Waals surface area contributed by atoms with E-state index in [9.17, 15) is 14.4 Å². The Bertz CT molecular complexity index is 931. The molecule has 0 fully saturated rings. The Kier molecular flexibility index (Phi) is 10.5. The molecule has 0 saturated carbocycles. The SMILES string of the molecule is CCO[C@H](/C=C/C(=O)NO)[C@H](OC(=O)NC(=O)c1ccccc1)c1ccc(OCCO)cc1. The molecule has 176 valence electrons. The van der Waals surface area contributed by atoms with Gasteiger partial charge in [0.2, 0.25) is 0 Å². The number of imide groups is 1. The fraction of sp³-hybridized carbons (Fsp3) is 0.261. The van der Waals surface area contributed by atoms with Crippen LogP contribution in [0.3, 0.4) is 0 Å². The monoisotopic (exact) mass is 458 g/mol. The number of ether oxygens (including phenoxy) is 3. The molecule has 0 heterocycles. The van der Waals surface area contributed by atoms with Crippen LogP contribution in [-0.2, 0) is 14.3 Å². The Balaban J connectivity index is 2.26. The number of amides is 3. The van der Waals surface area contributed by atoms with Crippen molar-refractivity contribution >= 4 is 17.9 Å². The highest BCUT2D eigenvalue weighted by molar-refractivity contribution is 6.02. The van der Waals surface area contributed by atoms with Gasteiger partial charge in [-0.2, -0.15) is 0 Å². The molecule has 0 aliphatic carbocycles. The third-order valence-electron chi connectivity index (χ3n) is 4.26. The lowest BCUT2D eigenvalue weighted by molar-refractivity contribution is -0.124. The molecule has 0 bridgehead atoms. The summed E-state index contributed by atoms with van der Waals surface area (Å²) < 4.78 is 16.5. The van der Waals surface area contributed by atoms with Crippen molar-refractivity contribution in [1.29, 1.82) is 0 Å². The van der Waals surface area contributed by atoms with E-state index in [2.05, 4.69) is 5.32 Å². The van der Waals surface area contributed by atoms with E-state index >= 15 is 0 Å². The number of aliphatic hydroxyl groups excluding tert-OH is 1. The zero-order valence-electron chi connectivity index (χ0n) is 18.0. The first kappa shape index (κ1) is 25.5. The summed E-state index contributed by atoms with van der Waals surface area (Å²) in [4.78, 5) is 36.3. The summed E-state index contributed by atoms with van der Waals surface area (Å²) in [6.07, 6.45) is -0.638. The first-order chi connectivity index (χ1) is 16.0. The molecule has 2 atom stereocenters. The second-order valence-corrected chi connectivity index (χ2v) is 6.54. The minimum absolute atomic E-state index is 0.115.